The van der Waals surface area contributed by atoms with E-state index in [2.05, 4.69) is 46.0 Å². The lowest BCUT2D eigenvalue weighted by Crippen LogP contribution is -2.21. The van der Waals surface area contributed by atoms with Crippen molar-refractivity contribution in [3.63, 3.8) is 0 Å². The number of fused-ring (bicyclic) bond motifs is 1. The van der Waals surface area contributed by atoms with E-state index in [4.69, 9.17) is 16.6 Å². The quantitative estimate of drug-likeness (QED) is 0.167. The second-order valence-corrected chi connectivity index (χ2v) is 9.32. The average Bonchev–Trinajstić information content (AvgIpc) is 3.23. The minimum absolute atomic E-state index is 0.184. The van der Waals surface area contributed by atoms with Crippen molar-refractivity contribution in [3.8, 4) is 0 Å². The van der Waals surface area contributed by atoms with Crippen LogP contribution in [0.3, 0.4) is 0 Å². The fourth-order valence-corrected chi connectivity index (χ4v) is 4.72. The van der Waals surface area contributed by atoms with E-state index < -0.39 is 0 Å². The Labute approximate surface area is 215 Å². The Kier molecular flexibility index (Phi) is 8.45. The summed E-state index contributed by atoms with van der Waals surface area (Å²) < 4.78 is 2.12. The van der Waals surface area contributed by atoms with E-state index in [9.17, 15) is 4.79 Å². The molecule has 3 aromatic carbocycles. The number of imidazole rings is 1. The van der Waals surface area contributed by atoms with E-state index in [0.29, 0.717) is 11.6 Å². The number of aromatic nitrogens is 2. The molecule has 0 aliphatic heterocycles. The minimum Gasteiger partial charge on any atom is -0.372 e. The van der Waals surface area contributed by atoms with E-state index in [1.807, 2.05) is 60.7 Å². The lowest BCUT2D eigenvalue weighted by Gasteiger charge is -2.20. The van der Waals surface area contributed by atoms with E-state index >= 15 is 0 Å². The first kappa shape index (κ1) is 24.8. The molecule has 0 aliphatic rings. The number of halogens is 1. The molecule has 180 valence electrons. The molecule has 1 amide bonds. The van der Waals surface area contributed by atoms with E-state index in [1.165, 1.54) is 17.4 Å². The van der Waals surface area contributed by atoms with Crippen molar-refractivity contribution in [1.29, 1.82) is 0 Å². The molecule has 0 atom stereocenters. The number of nitrogens with one attached hydrogen (secondary N) is 1. The zero-order valence-electron chi connectivity index (χ0n) is 19.8. The van der Waals surface area contributed by atoms with Crippen LogP contribution in [0.2, 0.25) is 5.02 Å². The molecule has 0 fully saturated rings. The van der Waals surface area contributed by atoms with Gasteiger partial charge in [-0.1, -0.05) is 59.8 Å². The predicted octanol–water partition coefficient (Wildman–Crippen LogP) is 5.83. The molecule has 0 saturated carbocycles. The third-order valence-corrected chi connectivity index (χ3v) is 6.86. The molecule has 1 aromatic heterocycles. The zero-order chi connectivity index (χ0) is 24.6. The Balaban J connectivity index is 1.38. The highest BCUT2D eigenvalue weighted by atomic mass is 35.5. The van der Waals surface area contributed by atoms with Gasteiger partial charge >= 0.3 is 0 Å². The molecule has 1 heterocycles. The Hall–Kier alpha value is -3.29. The van der Waals surface area contributed by atoms with Gasteiger partial charge in [-0.2, -0.15) is 5.10 Å². The summed E-state index contributed by atoms with van der Waals surface area (Å²) >= 11 is 7.43. The topological polar surface area (TPSA) is 62.5 Å². The number of amides is 1. The number of benzene rings is 3. The van der Waals surface area contributed by atoms with Crippen LogP contribution >= 0.6 is 23.4 Å². The van der Waals surface area contributed by atoms with Crippen molar-refractivity contribution in [2.45, 2.75) is 25.5 Å². The Bertz CT molecular complexity index is 1300. The van der Waals surface area contributed by atoms with Crippen LogP contribution in [0.15, 0.2) is 83.1 Å². The first-order valence-corrected chi connectivity index (χ1v) is 12.9. The van der Waals surface area contributed by atoms with Crippen LogP contribution in [0.25, 0.3) is 11.0 Å². The van der Waals surface area contributed by atoms with Crippen LogP contribution in [0.5, 0.6) is 0 Å². The van der Waals surface area contributed by atoms with Crippen molar-refractivity contribution in [1.82, 2.24) is 15.0 Å². The van der Waals surface area contributed by atoms with Crippen LogP contribution in [-0.2, 0) is 11.3 Å². The number of hydrogen-bond acceptors (Lipinski definition) is 5. The van der Waals surface area contributed by atoms with E-state index in [1.54, 1.807) is 6.21 Å². The molecule has 0 aliphatic carbocycles. The smallest absolute Gasteiger partial charge is 0.250 e. The molecular formula is C27H28ClN5OS. The summed E-state index contributed by atoms with van der Waals surface area (Å²) in [6.45, 7) is 6.85. The van der Waals surface area contributed by atoms with Crippen LogP contribution in [0.4, 0.5) is 5.69 Å². The largest absolute Gasteiger partial charge is 0.372 e. The third kappa shape index (κ3) is 6.44. The van der Waals surface area contributed by atoms with Gasteiger partial charge in [0, 0.05) is 23.8 Å². The maximum absolute atomic E-state index is 12.4. The number of rotatable bonds is 10. The number of carbonyl (C=O) groups excluding carboxylic acids is 1. The van der Waals surface area contributed by atoms with Crippen LogP contribution in [0.1, 0.15) is 25.0 Å². The van der Waals surface area contributed by atoms with Gasteiger partial charge < -0.3 is 9.47 Å². The number of thioether (sulfide) groups is 1. The first-order chi connectivity index (χ1) is 17.1. The zero-order valence-corrected chi connectivity index (χ0v) is 21.4. The SMILES string of the molecule is CCN(CC)c1ccc(/C=N/NC(=O)CSc2nc3ccccc3n2Cc2ccc(Cl)cc2)cc1. The van der Waals surface area contributed by atoms with Crippen molar-refractivity contribution in [3.05, 3.63) is 88.9 Å². The number of hydrogen-bond donors (Lipinski definition) is 1. The molecule has 4 rings (SSSR count). The van der Waals surface area contributed by atoms with Gasteiger partial charge in [-0.15, -0.1) is 0 Å². The summed E-state index contributed by atoms with van der Waals surface area (Å²) in [5, 5.41) is 5.61. The highest BCUT2D eigenvalue weighted by Gasteiger charge is 2.13. The standard InChI is InChI=1S/C27H28ClN5OS/c1-3-32(4-2)23-15-11-20(12-16-23)17-29-31-26(34)19-35-27-30-24-7-5-6-8-25(24)33(27)18-21-9-13-22(28)14-10-21/h5-17H,3-4,18-19H2,1-2H3,(H,31,34)/b29-17+. The van der Waals surface area contributed by atoms with Gasteiger partial charge in [0.05, 0.1) is 29.5 Å². The molecule has 4 aromatic rings. The van der Waals surface area contributed by atoms with Gasteiger partial charge in [0.2, 0.25) is 0 Å². The number of nitrogens with zero attached hydrogens (tertiary/aromatic N) is 4. The average molecular weight is 506 g/mol. The summed E-state index contributed by atoms with van der Waals surface area (Å²) in [7, 11) is 0. The van der Waals surface area contributed by atoms with E-state index in [0.717, 1.165) is 40.4 Å². The maximum atomic E-state index is 12.4. The molecule has 0 bridgehead atoms. The Morgan fingerprint density at radius 2 is 1.77 bits per heavy atom. The van der Waals surface area contributed by atoms with Gasteiger partial charge in [-0.3, -0.25) is 4.79 Å². The summed E-state index contributed by atoms with van der Waals surface area (Å²) in [5.74, 6) is 0.0263. The van der Waals surface area contributed by atoms with Crippen LogP contribution < -0.4 is 10.3 Å². The highest BCUT2D eigenvalue weighted by molar-refractivity contribution is 7.99. The van der Waals surface area contributed by atoms with Gasteiger partial charge in [-0.25, -0.2) is 10.4 Å². The monoisotopic (exact) mass is 505 g/mol. The number of para-hydroxylation sites is 2. The lowest BCUT2D eigenvalue weighted by molar-refractivity contribution is -0.118. The van der Waals surface area contributed by atoms with Crippen molar-refractivity contribution >= 4 is 52.2 Å². The molecule has 0 spiro atoms. The highest BCUT2D eigenvalue weighted by Crippen LogP contribution is 2.25. The summed E-state index contributed by atoms with van der Waals surface area (Å²) in [6, 6.07) is 23.9. The second kappa shape index (κ2) is 11.9. The van der Waals surface area contributed by atoms with E-state index in [-0.39, 0.29) is 11.7 Å². The third-order valence-electron chi connectivity index (χ3n) is 5.63. The molecule has 1 N–H and O–H groups in total. The van der Waals surface area contributed by atoms with Gasteiger partial charge in [0.1, 0.15) is 0 Å². The lowest BCUT2D eigenvalue weighted by atomic mass is 10.2. The number of anilines is 1. The summed E-state index contributed by atoms with van der Waals surface area (Å²) in [6.07, 6.45) is 1.66. The summed E-state index contributed by atoms with van der Waals surface area (Å²) in [4.78, 5) is 19.5. The number of carbonyl (C=O) groups is 1. The molecule has 6 nitrogen and oxygen atoms in total. The fourth-order valence-electron chi connectivity index (χ4n) is 3.79. The molecule has 0 unspecified atom stereocenters. The van der Waals surface area contributed by atoms with Crippen molar-refractivity contribution in [2.24, 2.45) is 5.10 Å². The predicted molar refractivity (Wildman–Crippen MR) is 147 cm³/mol. The first-order valence-electron chi connectivity index (χ1n) is 11.6. The van der Waals surface area contributed by atoms with Crippen LogP contribution in [-0.4, -0.2) is 40.5 Å². The normalized spacial score (nSPS) is 11.3. The van der Waals surface area contributed by atoms with Crippen molar-refractivity contribution < 1.29 is 4.79 Å². The molecule has 0 radical (unpaired) electrons. The second-order valence-electron chi connectivity index (χ2n) is 7.94. The summed E-state index contributed by atoms with van der Waals surface area (Å²) in [5.41, 5.74) is 7.76. The molecule has 8 heteroatoms. The van der Waals surface area contributed by atoms with Gasteiger partial charge in [0.15, 0.2) is 5.16 Å². The molecule has 0 saturated heterocycles. The molecular weight excluding hydrogens is 478 g/mol. The van der Waals surface area contributed by atoms with Gasteiger partial charge in [-0.05, 0) is 61.4 Å². The molecule has 35 heavy (non-hydrogen) atoms. The Morgan fingerprint density at radius 1 is 1.06 bits per heavy atom. The van der Waals surface area contributed by atoms with Crippen molar-refractivity contribution in [2.75, 3.05) is 23.7 Å². The fraction of sp³-hybridized carbons (Fsp3) is 0.222. The van der Waals surface area contributed by atoms with Crippen LogP contribution in [0, 0.1) is 0 Å². The minimum atomic E-state index is -0.184. The van der Waals surface area contributed by atoms with Gasteiger partial charge in [0.25, 0.3) is 5.91 Å². The Morgan fingerprint density at radius 3 is 2.49 bits per heavy atom. The maximum Gasteiger partial charge on any atom is 0.250 e. The number of hydrazone groups is 1.